The zero-order valence-electron chi connectivity index (χ0n) is 14.7. The fraction of sp³-hybridized carbons (Fsp3) is 0.364. The lowest BCUT2D eigenvalue weighted by molar-refractivity contribution is 0.287. The van der Waals surface area contributed by atoms with Gasteiger partial charge >= 0.3 is 0 Å². The summed E-state index contributed by atoms with van der Waals surface area (Å²) >= 11 is 0. The Morgan fingerprint density at radius 3 is 2.84 bits per heavy atom. The maximum Gasteiger partial charge on any atom is 0.124 e. The Hall–Kier alpha value is -2.26. The zero-order valence-corrected chi connectivity index (χ0v) is 14.7. The van der Waals surface area contributed by atoms with Gasteiger partial charge in [-0.2, -0.15) is 0 Å². The molecule has 25 heavy (non-hydrogen) atoms. The third kappa shape index (κ3) is 3.29. The second-order valence-corrected chi connectivity index (χ2v) is 6.91. The number of aromatic amines is 1. The van der Waals surface area contributed by atoms with Crippen molar-refractivity contribution in [1.82, 2.24) is 10.3 Å². The number of hydrogen-bond donors (Lipinski definition) is 2. The van der Waals surface area contributed by atoms with E-state index in [-0.39, 0.29) is 0 Å². The van der Waals surface area contributed by atoms with Crippen molar-refractivity contribution in [3.05, 3.63) is 54.6 Å². The third-order valence-electron chi connectivity index (χ3n) is 5.21. The van der Waals surface area contributed by atoms with Crippen molar-refractivity contribution in [1.29, 1.82) is 0 Å². The van der Waals surface area contributed by atoms with E-state index < -0.39 is 0 Å². The topological polar surface area (TPSA) is 37.0 Å². The SMILES string of the molecule is C=CCc1c(OCCCNC2CCC2)ccc2c1[nH]c1ccccc12. The van der Waals surface area contributed by atoms with Crippen LogP contribution in [-0.2, 0) is 6.42 Å². The Bertz CT molecular complexity index is 876. The summed E-state index contributed by atoms with van der Waals surface area (Å²) in [5, 5.41) is 6.11. The van der Waals surface area contributed by atoms with Crippen molar-refractivity contribution < 1.29 is 4.74 Å². The van der Waals surface area contributed by atoms with Gasteiger partial charge in [0.25, 0.3) is 0 Å². The lowest BCUT2D eigenvalue weighted by atomic mass is 9.93. The van der Waals surface area contributed by atoms with E-state index in [1.54, 1.807) is 0 Å². The molecule has 1 heterocycles. The van der Waals surface area contributed by atoms with Crippen LogP contribution in [0.15, 0.2) is 49.1 Å². The quantitative estimate of drug-likeness (QED) is 0.451. The van der Waals surface area contributed by atoms with E-state index >= 15 is 0 Å². The molecule has 4 rings (SSSR count). The van der Waals surface area contributed by atoms with Gasteiger partial charge in [-0.1, -0.05) is 30.7 Å². The highest BCUT2D eigenvalue weighted by Gasteiger charge is 2.16. The second-order valence-electron chi connectivity index (χ2n) is 6.91. The number of benzene rings is 2. The molecule has 0 bridgehead atoms. The maximum absolute atomic E-state index is 6.12. The Labute approximate surface area is 149 Å². The van der Waals surface area contributed by atoms with Crippen LogP contribution in [-0.4, -0.2) is 24.2 Å². The normalized spacial score (nSPS) is 14.7. The van der Waals surface area contributed by atoms with Crippen molar-refractivity contribution in [3.63, 3.8) is 0 Å². The average molecular weight is 334 g/mol. The molecule has 3 nitrogen and oxygen atoms in total. The molecule has 130 valence electrons. The van der Waals surface area contributed by atoms with Gasteiger partial charge in [-0.05, 0) is 50.4 Å². The summed E-state index contributed by atoms with van der Waals surface area (Å²) in [6.07, 6.45) is 7.84. The first-order chi connectivity index (χ1) is 12.4. The van der Waals surface area contributed by atoms with E-state index in [1.165, 1.54) is 46.6 Å². The monoisotopic (exact) mass is 334 g/mol. The summed E-state index contributed by atoms with van der Waals surface area (Å²) in [5.74, 6) is 0.975. The standard InChI is InChI=1S/C22H26N2O/c1-2-7-19-21(25-15-6-14-23-16-8-5-9-16)13-12-18-17-10-3-4-11-20(17)24-22(18)19/h2-4,10-13,16,23-24H,1,5-9,14-15H2. The minimum atomic E-state index is 0.746. The lowest BCUT2D eigenvalue weighted by Crippen LogP contribution is -2.36. The number of fused-ring (bicyclic) bond motifs is 3. The van der Waals surface area contributed by atoms with Crippen molar-refractivity contribution in [2.45, 2.75) is 38.1 Å². The van der Waals surface area contributed by atoms with Crippen LogP contribution in [0.4, 0.5) is 0 Å². The van der Waals surface area contributed by atoms with E-state index in [4.69, 9.17) is 4.74 Å². The number of para-hydroxylation sites is 1. The Morgan fingerprint density at radius 1 is 1.16 bits per heavy atom. The van der Waals surface area contributed by atoms with Crippen molar-refractivity contribution >= 4 is 21.8 Å². The number of rotatable bonds is 8. The molecule has 0 spiro atoms. The lowest BCUT2D eigenvalue weighted by Gasteiger charge is -2.26. The van der Waals surface area contributed by atoms with Crippen molar-refractivity contribution in [3.8, 4) is 5.75 Å². The number of ether oxygens (including phenoxy) is 1. The average Bonchev–Trinajstić information content (AvgIpc) is 2.97. The van der Waals surface area contributed by atoms with E-state index in [1.807, 2.05) is 6.08 Å². The number of allylic oxidation sites excluding steroid dienone is 1. The smallest absolute Gasteiger partial charge is 0.124 e. The van der Waals surface area contributed by atoms with Crippen LogP contribution in [0.5, 0.6) is 5.75 Å². The van der Waals surface area contributed by atoms with Crippen LogP contribution >= 0.6 is 0 Å². The van der Waals surface area contributed by atoms with Gasteiger partial charge in [-0.25, -0.2) is 0 Å². The Balaban J connectivity index is 1.52. The summed E-state index contributed by atoms with van der Waals surface area (Å²) in [5.41, 5.74) is 3.55. The number of hydrogen-bond acceptors (Lipinski definition) is 2. The van der Waals surface area contributed by atoms with Crippen LogP contribution < -0.4 is 10.1 Å². The van der Waals surface area contributed by atoms with Gasteiger partial charge in [-0.3, -0.25) is 0 Å². The highest BCUT2D eigenvalue weighted by atomic mass is 16.5. The van der Waals surface area contributed by atoms with Crippen LogP contribution in [0.2, 0.25) is 0 Å². The van der Waals surface area contributed by atoms with Crippen LogP contribution in [0.3, 0.4) is 0 Å². The van der Waals surface area contributed by atoms with Crippen LogP contribution in [0, 0.1) is 0 Å². The molecule has 2 aromatic carbocycles. The molecular formula is C22H26N2O. The highest BCUT2D eigenvalue weighted by molar-refractivity contribution is 6.08. The predicted octanol–water partition coefficient (Wildman–Crippen LogP) is 4.96. The minimum absolute atomic E-state index is 0.746. The van der Waals surface area contributed by atoms with E-state index in [0.717, 1.165) is 37.8 Å². The van der Waals surface area contributed by atoms with Gasteiger partial charge < -0.3 is 15.0 Å². The second kappa shape index (κ2) is 7.32. The van der Waals surface area contributed by atoms with E-state index in [9.17, 15) is 0 Å². The van der Waals surface area contributed by atoms with Gasteiger partial charge in [0.1, 0.15) is 5.75 Å². The Kier molecular flexibility index (Phi) is 4.75. The molecule has 0 unspecified atom stereocenters. The molecule has 0 saturated heterocycles. The van der Waals surface area contributed by atoms with Gasteiger partial charge in [0, 0.05) is 27.9 Å². The summed E-state index contributed by atoms with van der Waals surface area (Å²) in [6, 6.07) is 13.5. The number of nitrogens with one attached hydrogen (secondary N) is 2. The van der Waals surface area contributed by atoms with Crippen LogP contribution in [0.25, 0.3) is 21.8 Å². The summed E-state index contributed by atoms with van der Waals surface area (Å²) in [6.45, 7) is 5.71. The van der Waals surface area contributed by atoms with Gasteiger partial charge in [0.15, 0.2) is 0 Å². The number of H-pyrrole nitrogens is 1. The zero-order chi connectivity index (χ0) is 17.1. The molecule has 3 aromatic rings. The first-order valence-electron chi connectivity index (χ1n) is 9.36. The fourth-order valence-electron chi connectivity index (χ4n) is 3.61. The molecule has 1 aliphatic rings. The molecule has 1 fully saturated rings. The maximum atomic E-state index is 6.12. The molecule has 0 atom stereocenters. The fourth-order valence-corrected chi connectivity index (χ4v) is 3.61. The third-order valence-corrected chi connectivity index (χ3v) is 5.21. The molecule has 0 amide bonds. The molecule has 2 N–H and O–H groups in total. The summed E-state index contributed by atoms with van der Waals surface area (Å²) < 4.78 is 6.12. The molecule has 1 aromatic heterocycles. The molecule has 0 aliphatic heterocycles. The molecule has 3 heteroatoms. The van der Waals surface area contributed by atoms with Gasteiger partial charge in [0.05, 0.1) is 12.1 Å². The Morgan fingerprint density at radius 2 is 2.04 bits per heavy atom. The molecule has 0 radical (unpaired) electrons. The summed E-state index contributed by atoms with van der Waals surface area (Å²) in [4.78, 5) is 3.56. The first-order valence-corrected chi connectivity index (χ1v) is 9.36. The minimum Gasteiger partial charge on any atom is -0.493 e. The van der Waals surface area contributed by atoms with Crippen LogP contribution in [0.1, 0.15) is 31.2 Å². The number of aromatic nitrogens is 1. The molecule has 1 aliphatic carbocycles. The van der Waals surface area contributed by atoms with E-state index in [0.29, 0.717) is 0 Å². The summed E-state index contributed by atoms with van der Waals surface area (Å²) in [7, 11) is 0. The molecular weight excluding hydrogens is 308 g/mol. The van der Waals surface area contributed by atoms with Gasteiger partial charge in [-0.15, -0.1) is 6.58 Å². The van der Waals surface area contributed by atoms with Gasteiger partial charge in [0.2, 0.25) is 0 Å². The largest absolute Gasteiger partial charge is 0.493 e. The predicted molar refractivity (Wildman–Crippen MR) is 105 cm³/mol. The molecule has 1 saturated carbocycles. The first kappa shape index (κ1) is 16.2. The highest BCUT2D eigenvalue weighted by Crippen LogP contribution is 2.33. The van der Waals surface area contributed by atoms with Crippen molar-refractivity contribution in [2.75, 3.05) is 13.2 Å². The van der Waals surface area contributed by atoms with E-state index in [2.05, 4.69) is 53.3 Å². The van der Waals surface area contributed by atoms with Crippen molar-refractivity contribution in [2.24, 2.45) is 0 Å².